The molecule has 21 heavy (non-hydrogen) atoms. The van der Waals surface area contributed by atoms with E-state index in [0.717, 1.165) is 22.2 Å². The molecule has 1 aromatic heterocycles. The third kappa shape index (κ3) is 3.21. The van der Waals surface area contributed by atoms with Crippen molar-refractivity contribution in [1.82, 2.24) is 4.98 Å². The first-order chi connectivity index (χ1) is 10.3. The van der Waals surface area contributed by atoms with E-state index in [-0.39, 0.29) is 12.3 Å². The zero-order chi connectivity index (χ0) is 14.7. The van der Waals surface area contributed by atoms with E-state index in [1.807, 2.05) is 36.4 Å². The molecule has 0 radical (unpaired) electrons. The Bertz CT molecular complexity index is 649. The van der Waals surface area contributed by atoms with Crippen LogP contribution in [0.1, 0.15) is 5.56 Å². The summed E-state index contributed by atoms with van der Waals surface area (Å²) in [4.78, 5) is 4.35. The van der Waals surface area contributed by atoms with Crippen LogP contribution in [0.5, 0.6) is 5.75 Å². The Morgan fingerprint density at radius 3 is 2.86 bits per heavy atom. The van der Waals surface area contributed by atoms with Gasteiger partial charge in [-0.15, -0.1) is 0 Å². The molecule has 2 heterocycles. The molecule has 0 saturated carbocycles. The summed E-state index contributed by atoms with van der Waals surface area (Å²) >= 11 is 0. The third-order valence-electron chi connectivity index (χ3n) is 3.36. The van der Waals surface area contributed by atoms with E-state index in [9.17, 15) is 0 Å². The molecule has 2 aromatic rings. The maximum Gasteiger partial charge on any atom is 0.177 e. The number of fused-ring (bicyclic) bond motifs is 1. The highest BCUT2D eigenvalue weighted by Crippen LogP contribution is 2.23. The number of hydrogen-bond donors (Lipinski definition) is 1. The molecule has 2 N–H and O–H groups in total. The van der Waals surface area contributed by atoms with E-state index >= 15 is 0 Å². The SMILES string of the molecule is COc1ccc2nccc(/C=C/C3OCC(N)CO3)c2c1. The lowest BCUT2D eigenvalue weighted by molar-refractivity contribution is -0.157. The lowest BCUT2D eigenvalue weighted by Gasteiger charge is -2.25. The lowest BCUT2D eigenvalue weighted by Crippen LogP contribution is -2.40. The quantitative estimate of drug-likeness (QED) is 0.934. The largest absolute Gasteiger partial charge is 0.497 e. The molecule has 0 aliphatic carbocycles. The van der Waals surface area contributed by atoms with Crippen molar-refractivity contribution in [3.63, 3.8) is 0 Å². The van der Waals surface area contributed by atoms with E-state index in [4.69, 9.17) is 19.9 Å². The summed E-state index contributed by atoms with van der Waals surface area (Å²) in [7, 11) is 1.65. The van der Waals surface area contributed by atoms with Crippen LogP contribution in [-0.2, 0) is 9.47 Å². The molecule has 0 unspecified atom stereocenters. The van der Waals surface area contributed by atoms with E-state index < -0.39 is 0 Å². The molecule has 1 aliphatic rings. The van der Waals surface area contributed by atoms with Crippen LogP contribution in [0.4, 0.5) is 0 Å². The number of nitrogens with zero attached hydrogens (tertiary/aromatic N) is 1. The minimum Gasteiger partial charge on any atom is -0.497 e. The molecule has 1 fully saturated rings. The van der Waals surface area contributed by atoms with Gasteiger partial charge in [0.2, 0.25) is 0 Å². The van der Waals surface area contributed by atoms with Crippen molar-refractivity contribution in [2.45, 2.75) is 12.3 Å². The molecule has 5 heteroatoms. The van der Waals surface area contributed by atoms with Crippen molar-refractivity contribution in [2.24, 2.45) is 5.73 Å². The minimum atomic E-state index is -0.348. The van der Waals surface area contributed by atoms with Gasteiger partial charge in [0.15, 0.2) is 6.29 Å². The van der Waals surface area contributed by atoms with Crippen molar-refractivity contribution < 1.29 is 14.2 Å². The molecule has 1 saturated heterocycles. The Balaban J connectivity index is 1.86. The standard InChI is InChI=1S/C16H18N2O3/c1-19-13-3-4-15-14(8-13)11(6-7-18-15)2-5-16-20-9-12(17)10-21-16/h2-8,12,16H,9-10,17H2,1H3/b5-2+. The third-order valence-corrected chi connectivity index (χ3v) is 3.36. The number of rotatable bonds is 3. The van der Waals surface area contributed by atoms with Crippen LogP contribution in [-0.4, -0.2) is 37.6 Å². The molecular weight excluding hydrogens is 268 g/mol. The number of aromatic nitrogens is 1. The highest BCUT2D eigenvalue weighted by Gasteiger charge is 2.16. The molecule has 5 nitrogen and oxygen atoms in total. The van der Waals surface area contributed by atoms with Crippen LogP contribution in [0.15, 0.2) is 36.5 Å². The van der Waals surface area contributed by atoms with Gasteiger partial charge in [-0.2, -0.15) is 0 Å². The van der Waals surface area contributed by atoms with Gasteiger partial charge >= 0.3 is 0 Å². The molecule has 0 spiro atoms. The fourth-order valence-corrected chi connectivity index (χ4v) is 2.25. The van der Waals surface area contributed by atoms with Gasteiger partial charge in [0.1, 0.15) is 5.75 Å². The molecule has 0 bridgehead atoms. The van der Waals surface area contributed by atoms with Gasteiger partial charge in [-0.25, -0.2) is 0 Å². The maximum absolute atomic E-state index is 5.71. The first kappa shape index (κ1) is 14.0. The minimum absolute atomic E-state index is 0.0410. The van der Waals surface area contributed by atoms with Crippen LogP contribution in [0.25, 0.3) is 17.0 Å². The highest BCUT2D eigenvalue weighted by atomic mass is 16.7. The monoisotopic (exact) mass is 286 g/mol. The zero-order valence-corrected chi connectivity index (χ0v) is 11.9. The fourth-order valence-electron chi connectivity index (χ4n) is 2.25. The second-order valence-corrected chi connectivity index (χ2v) is 4.94. The summed E-state index contributed by atoms with van der Waals surface area (Å²) < 4.78 is 16.3. The molecule has 0 amide bonds. The maximum atomic E-state index is 5.71. The van der Waals surface area contributed by atoms with Gasteiger partial charge < -0.3 is 19.9 Å². The Morgan fingerprint density at radius 2 is 2.10 bits per heavy atom. The van der Waals surface area contributed by atoms with Crippen molar-refractivity contribution >= 4 is 17.0 Å². The van der Waals surface area contributed by atoms with E-state index in [2.05, 4.69) is 4.98 Å². The Hall–Kier alpha value is -1.95. The first-order valence-electron chi connectivity index (χ1n) is 6.86. The zero-order valence-electron chi connectivity index (χ0n) is 11.9. The summed E-state index contributed by atoms with van der Waals surface area (Å²) in [5.74, 6) is 0.807. The van der Waals surface area contributed by atoms with Gasteiger partial charge in [0.25, 0.3) is 0 Å². The fraction of sp³-hybridized carbons (Fsp3) is 0.312. The van der Waals surface area contributed by atoms with Gasteiger partial charge in [-0.3, -0.25) is 4.98 Å². The van der Waals surface area contributed by atoms with Crippen LogP contribution in [0.2, 0.25) is 0 Å². The molecule has 1 aliphatic heterocycles. The van der Waals surface area contributed by atoms with Crippen molar-refractivity contribution in [1.29, 1.82) is 0 Å². The molecular formula is C16H18N2O3. The summed E-state index contributed by atoms with van der Waals surface area (Å²) in [5.41, 5.74) is 7.68. The molecule has 0 atom stereocenters. The average molecular weight is 286 g/mol. The van der Waals surface area contributed by atoms with Gasteiger partial charge in [-0.1, -0.05) is 6.08 Å². The lowest BCUT2D eigenvalue weighted by atomic mass is 10.1. The van der Waals surface area contributed by atoms with Crippen LogP contribution < -0.4 is 10.5 Å². The number of hydrogen-bond acceptors (Lipinski definition) is 5. The number of pyridine rings is 1. The Kier molecular flexibility index (Phi) is 4.15. The Labute approximate surface area is 123 Å². The molecule has 3 rings (SSSR count). The normalized spacial score (nSPS) is 22.8. The highest BCUT2D eigenvalue weighted by molar-refractivity contribution is 5.88. The number of nitrogens with two attached hydrogens (primary N) is 1. The number of methoxy groups -OCH3 is 1. The second kappa shape index (κ2) is 6.22. The second-order valence-electron chi connectivity index (χ2n) is 4.94. The van der Waals surface area contributed by atoms with E-state index in [1.54, 1.807) is 13.3 Å². The Morgan fingerprint density at radius 1 is 1.29 bits per heavy atom. The van der Waals surface area contributed by atoms with Crippen molar-refractivity contribution in [2.75, 3.05) is 20.3 Å². The molecule has 1 aromatic carbocycles. The van der Waals surface area contributed by atoms with Gasteiger partial charge in [-0.05, 0) is 35.9 Å². The van der Waals surface area contributed by atoms with Crippen LogP contribution >= 0.6 is 0 Å². The topological polar surface area (TPSA) is 66.6 Å². The van der Waals surface area contributed by atoms with Crippen molar-refractivity contribution in [3.05, 3.63) is 42.1 Å². The smallest absolute Gasteiger partial charge is 0.177 e. The predicted molar refractivity (Wildman–Crippen MR) is 81.0 cm³/mol. The number of ether oxygens (including phenoxy) is 3. The molecule has 110 valence electrons. The van der Waals surface area contributed by atoms with E-state index in [0.29, 0.717) is 13.2 Å². The average Bonchev–Trinajstić information content (AvgIpc) is 2.54. The number of benzene rings is 1. The van der Waals surface area contributed by atoms with Crippen molar-refractivity contribution in [3.8, 4) is 5.75 Å². The first-order valence-corrected chi connectivity index (χ1v) is 6.86. The summed E-state index contributed by atoms with van der Waals surface area (Å²) in [6.07, 6.45) is 5.30. The van der Waals surface area contributed by atoms with Gasteiger partial charge in [0.05, 0.1) is 31.9 Å². The van der Waals surface area contributed by atoms with Crippen LogP contribution in [0, 0.1) is 0 Å². The van der Waals surface area contributed by atoms with Gasteiger partial charge in [0, 0.05) is 11.6 Å². The van der Waals surface area contributed by atoms with Crippen LogP contribution in [0.3, 0.4) is 0 Å². The summed E-state index contributed by atoms with van der Waals surface area (Å²) in [6, 6.07) is 7.73. The predicted octanol–water partition coefficient (Wildman–Crippen LogP) is 1.96. The summed E-state index contributed by atoms with van der Waals surface area (Å²) in [6.45, 7) is 1.03. The summed E-state index contributed by atoms with van der Waals surface area (Å²) in [5, 5.41) is 1.03. The van der Waals surface area contributed by atoms with E-state index in [1.165, 1.54) is 0 Å².